The first-order valence-electron chi connectivity index (χ1n) is 6.24. The molecule has 6 heteroatoms. The summed E-state index contributed by atoms with van der Waals surface area (Å²) in [7, 11) is 0. The average molecular weight is 299 g/mol. The van der Waals surface area contributed by atoms with Crippen molar-refractivity contribution in [3.05, 3.63) is 65.2 Å². The zero-order valence-electron chi connectivity index (χ0n) is 11.0. The predicted molar refractivity (Wildman–Crippen MR) is 70.0 cm³/mol. The largest absolute Gasteiger partial charge is 0.434 e. The first-order valence-corrected chi connectivity index (χ1v) is 6.24. The van der Waals surface area contributed by atoms with E-state index in [1.165, 1.54) is 12.1 Å². The van der Waals surface area contributed by atoms with E-state index in [0.717, 1.165) is 12.1 Å². The molecule has 2 aromatic carbocycles. The van der Waals surface area contributed by atoms with Gasteiger partial charge in [-0.2, -0.15) is 8.78 Å². The molecule has 0 saturated heterocycles. The lowest BCUT2D eigenvalue weighted by molar-refractivity contribution is -0.0505. The number of alkyl halides is 2. The third-order valence-electron chi connectivity index (χ3n) is 2.87. The highest BCUT2D eigenvalue weighted by Gasteiger charge is 2.10. The Balaban J connectivity index is 2.01. The van der Waals surface area contributed by atoms with Crippen molar-refractivity contribution in [2.45, 2.75) is 19.7 Å². The fourth-order valence-electron chi connectivity index (χ4n) is 1.88. The van der Waals surface area contributed by atoms with Crippen LogP contribution in [0.25, 0.3) is 0 Å². The van der Waals surface area contributed by atoms with Gasteiger partial charge in [-0.05, 0) is 18.2 Å². The second-order valence-corrected chi connectivity index (χ2v) is 4.29. The molecule has 0 amide bonds. The van der Waals surface area contributed by atoms with Crippen LogP contribution in [0.3, 0.4) is 0 Å². The molecule has 21 heavy (non-hydrogen) atoms. The van der Waals surface area contributed by atoms with Gasteiger partial charge < -0.3 is 10.1 Å². The highest BCUT2D eigenvalue weighted by Crippen LogP contribution is 2.20. The van der Waals surface area contributed by atoms with E-state index in [1.54, 1.807) is 18.2 Å². The molecule has 0 bridgehead atoms. The molecule has 0 fully saturated rings. The lowest BCUT2D eigenvalue weighted by atomic mass is 10.1. The van der Waals surface area contributed by atoms with Gasteiger partial charge in [0, 0.05) is 24.2 Å². The molecular weight excluding hydrogens is 286 g/mol. The molecule has 2 nitrogen and oxygen atoms in total. The molecule has 0 saturated carbocycles. The zero-order valence-corrected chi connectivity index (χ0v) is 11.0. The molecule has 0 aliphatic carbocycles. The van der Waals surface area contributed by atoms with Crippen molar-refractivity contribution in [3.8, 4) is 5.75 Å². The van der Waals surface area contributed by atoms with Crippen LogP contribution in [0, 0.1) is 11.6 Å². The highest BCUT2D eigenvalue weighted by atomic mass is 19.3. The van der Waals surface area contributed by atoms with Gasteiger partial charge in [0.1, 0.15) is 17.4 Å². The van der Waals surface area contributed by atoms with Crippen LogP contribution in [0.5, 0.6) is 5.75 Å². The van der Waals surface area contributed by atoms with Gasteiger partial charge in [0.25, 0.3) is 0 Å². The smallest absolute Gasteiger partial charge is 0.387 e. The first kappa shape index (κ1) is 15.3. The number of ether oxygens (including phenoxy) is 1. The molecule has 0 radical (unpaired) electrons. The third kappa shape index (κ3) is 4.19. The van der Waals surface area contributed by atoms with Crippen molar-refractivity contribution in [1.29, 1.82) is 0 Å². The Morgan fingerprint density at radius 2 is 1.57 bits per heavy atom. The van der Waals surface area contributed by atoms with Crippen LogP contribution in [-0.2, 0) is 13.1 Å². The zero-order chi connectivity index (χ0) is 15.2. The quantitative estimate of drug-likeness (QED) is 0.818. The predicted octanol–water partition coefficient (Wildman–Crippen LogP) is 3.86. The number of benzene rings is 2. The van der Waals surface area contributed by atoms with Crippen molar-refractivity contribution in [2.24, 2.45) is 0 Å². The Morgan fingerprint density at radius 3 is 2.24 bits per heavy atom. The molecule has 0 heterocycles. The van der Waals surface area contributed by atoms with Gasteiger partial charge >= 0.3 is 6.61 Å². The molecule has 0 spiro atoms. The van der Waals surface area contributed by atoms with Gasteiger partial charge in [-0.25, -0.2) is 8.78 Å². The molecule has 0 atom stereocenters. The maximum Gasteiger partial charge on any atom is 0.387 e. The van der Waals surface area contributed by atoms with E-state index in [9.17, 15) is 17.6 Å². The molecule has 1 N–H and O–H groups in total. The maximum atomic E-state index is 13.4. The standard InChI is InChI=1S/C15H13F4NO/c16-12-5-3-6-13(17)11(12)9-20-8-10-4-1-2-7-14(10)21-15(18)19/h1-7,15,20H,8-9H2. The molecule has 112 valence electrons. The van der Waals surface area contributed by atoms with E-state index in [4.69, 9.17) is 0 Å². The summed E-state index contributed by atoms with van der Waals surface area (Å²) in [5.41, 5.74) is 0.388. The van der Waals surface area contributed by atoms with Crippen LogP contribution in [0.2, 0.25) is 0 Å². The molecule has 0 aliphatic rings. The van der Waals surface area contributed by atoms with Crippen molar-refractivity contribution < 1.29 is 22.3 Å². The van der Waals surface area contributed by atoms with E-state index >= 15 is 0 Å². The van der Waals surface area contributed by atoms with Gasteiger partial charge in [0.2, 0.25) is 0 Å². The number of halogens is 4. The van der Waals surface area contributed by atoms with Crippen LogP contribution in [0.15, 0.2) is 42.5 Å². The summed E-state index contributed by atoms with van der Waals surface area (Å²) < 4.78 is 55.7. The van der Waals surface area contributed by atoms with E-state index in [2.05, 4.69) is 10.1 Å². The average Bonchev–Trinajstić information content (AvgIpc) is 2.43. The summed E-state index contributed by atoms with van der Waals surface area (Å²) in [6.45, 7) is -2.83. The van der Waals surface area contributed by atoms with Crippen molar-refractivity contribution in [3.63, 3.8) is 0 Å². The molecule has 0 aliphatic heterocycles. The Kier molecular flexibility index (Phi) is 5.16. The molecule has 2 aromatic rings. The second-order valence-electron chi connectivity index (χ2n) is 4.29. The fourth-order valence-corrected chi connectivity index (χ4v) is 1.88. The van der Waals surface area contributed by atoms with E-state index in [0.29, 0.717) is 5.56 Å². The van der Waals surface area contributed by atoms with E-state index in [1.807, 2.05) is 0 Å². The summed E-state index contributed by atoms with van der Waals surface area (Å²) in [5, 5.41) is 2.81. The van der Waals surface area contributed by atoms with Crippen molar-refractivity contribution in [2.75, 3.05) is 0 Å². The summed E-state index contributed by atoms with van der Waals surface area (Å²) in [6, 6.07) is 9.84. The van der Waals surface area contributed by atoms with Crippen molar-refractivity contribution in [1.82, 2.24) is 5.32 Å². The minimum absolute atomic E-state index is 0.0361. The van der Waals surface area contributed by atoms with Crippen LogP contribution >= 0.6 is 0 Å². The van der Waals surface area contributed by atoms with Crippen LogP contribution in [0.1, 0.15) is 11.1 Å². The molecule has 0 aromatic heterocycles. The third-order valence-corrected chi connectivity index (χ3v) is 2.87. The minimum Gasteiger partial charge on any atom is -0.434 e. The molecule has 0 unspecified atom stereocenters. The lowest BCUT2D eigenvalue weighted by Crippen LogP contribution is -2.16. The number of para-hydroxylation sites is 1. The lowest BCUT2D eigenvalue weighted by Gasteiger charge is -2.12. The number of hydrogen-bond donors (Lipinski definition) is 1. The second kappa shape index (κ2) is 7.08. The fraction of sp³-hybridized carbons (Fsp3) is 0.200. The topological polar surface area (TPSA) is 21.3 Å². The van der Waals surface area contributed by atoms with Gasteiger partial charge in [0.05, 0.1) is 0 Å². The van der Waals surface area contributed by atoms with Crippen LogP contribution < -0.4 is 10.1 Å². The van der Waals surface area contributed by atoms with E-state index < -0.39 is 18.2 Å². The van der Waals surface area contributed by atoms with Gasteiger partial charge in [-0.15, -0.1) is 0 Å². The van der Waals surface area contributed by atoms with Gasteiger partial charge in [-0.3, -0.25) is 0 Å². The maximum absolute atomic E-state index is 13.4. The van der Waals surface area contributed by atoms with Crippen LogP contribution in [-0.4, -0.2) is 6.61 Å². The summed E-state index contributed by atoms with van der Waals surface area (Å²) in [5.74, 6) is -1.27. The normalized spacial score (nSPS) is 10.9. The number of hydrogen-bond acceptors (Lipinski definition) is 2. The minimum atomic E-state index is -2.92. The van der Waals surface area contributed by atoms with E-state index in [-0.39, 0.29) is 24.4 Å². The SMILES string of the molecule is Fc1cccc(F)c1CNCc1ccccc1OC(F)F. The molecule has 2 rings (SSSR count). The Morgan fingerprint density at radius 1 is 0.905 bits per heavy atom. The number of nitrogens with one attached hydrogen (secondary N) is 1. The Labute approximate surface area is 119 Å². The van der Waals surface area contributed by atoms with Gasteiger partial charge in [-0.1, -0.05) is 24.3 Å². The van der Waals surface area contributed by atoms with Gasteiger partial charge in [0.15, 0.2) is 0 Å². The van der Waals surface area contributed by atoms with Crippen molar-refractivity contribution >= 4 is 0 Å². The summed E-state index contributed by atoms with van der Waals surface area (Å²) in [4.78, 5) is 0. The highest BCUT2D eigenvalue weighted by molar-refractivity contribution is 5.33. The number of rotatable bonds is 6. The monoisotopic (exact) mass is 299 g/mol. The van der Waals surface area contributed by atoms with Crippen LogP contribution in [0.4, 0.5) is 17.6 Å². The Hall–Kier alpha value is -2.08. The molecular formula is C15H13F4NO. The first-order chi connectivity index (χ1) is 10.1. The summed E-state index contributed by atoms with van der Waals surface area (Å²) in [6.07, 6.45) is 0. The Bertz CT molecular complexity index is 584. The summed E-state index contributed by atoms with van der Waals surface area (Å²) >= 11 is 0.